The third-order valence-electron chi connectivity index (χ3n) is 5.83. The second-order valence-corrected chi connectivity index (χ2v) is 8.58. The summed E-state index contributed by atoms with van der Waals surface area (Å²) in [6.07, 6.45) is 0.645. The minimum absolute atomic E-state index is 0.0476. The number of benzene rings is 2. The van der Waals surface area contributed by atoms with Crippen LogP contribution < -0.4 is 21.1 Å². The summed E-state index contributed by atoms with van der Waals surface area (Å²) in [6.45, 7) is 1.45. The molecule has 0 bridgehead atoms. The highest BCUT2D eigenvalue weighted by Gasteiger charge is 2.35. The Hall–Kier alpha value is -3.79. The topological polar surface area (TPSA) is 151 Å². The van der Waals surface area contributed by atoms with Gasteiger partial charge in [-0.15, -0.1) is 0 Å². The van der Waals surface area contributed by atoms with Crippen LogP contribution in [0, 0.1) is 5.92 Å². The van der Waals surface area contributed by atoms with Crippen LogP contribution in [0.4, 0.5) is 10.5 Å². The van der Waals surface area contributed by atoms with Crippen molar-refractivity contribution in [2.45, 2.75) is 25.8 Å². The zero-order valence-corrected chi connectivity index (χ0v) is 20.1. The lowest BCUT2D eigenvalue weighted by molar-refractivity contribution is -0.133. The van der Waals surface area contributed by atoms with E-state index in [0.29, 0.717) is 28.3 Å². The number of amides is 4. The molecule has 1 aliphatic heterocycles. The SMILES string of the molecule is CCC(NC(=O)N1CC(=O)NC[C@@H](Cc2cc(Cl)ccc2OC)C1=O)c1ccc(C(=O)O)c(N)c1. The van der Waals surface area contributed by atoms with Gasteiger partial charge in [-0.05, 0) is 54.3 Å². The third kappa shape index (κ3) is 6.02. The number of aromatic carboxylic acids is 1. The number of carboxylic acids is 1. The predicted octanol–water partition coefficient (Wildman–Crippen LogP) is 2.61. The molecule has 1 saturated heterocycles. The van der Waals surface area contributed by atoms with Gasteiger partial charge < -0.3 is 26.2 Å². The molecule has 35 heavy (non-hydrogen) atoms. The monoisotopic (exact) mass is 502 g/mol. The average molecular weight is 503 g/mol. The van der Waals surface area contributed by atoms with Crippen molar-refractivity contribution < 1.29 is 29.0 Å². The first-order valence-electron chi connectivity index (χ1n) is 11.0. The molecule has 1 heterocycles. The lowest BCUT2D eigenvalue weighted by atomic mass is 9.97. The van der Waals surface area contributed by atoms with Gasteiger partial charge in [0.25, 0.3) is 0 Å². The smallest absolute Gasteiger partial charge is 0.337 e. The molecule has 11 heteroatoms. The van der Waals surface area contributed by atoms with Crippen LogP contribution in [0.15, 0.2) is 36.4 Å². The molecule has 5 N–H and O–H groups in total. The third-order valence-corrected chi connectivity index (χ3v) is 6.07. The summed E-state index contributed by atoms with van der Waals surface area (Å²) in [6, 6.07) is 8.14. The van der Waals surface area contributed by atoms with E-state index in [2.05, 4.69) is 10.6 Å². The molecule has 1 fully saturated rings. The Labute approximate surface area is 207 Å². The summed E-state index contributed by atoms with van der Waals surface area (Å²) >= 11 is 6.11. The minimum atomic E-state index is -1.16. The van der Waals surface area contributed by atoms with E-state index in [1.54, 1.807) is 24.3 Å². The van der Waals surface area contributed by atoms with E-state index in [9.17, 15) is 24.3 Å². The number of hydrogen-bond acceptors (Lipinski definition) is 6. The quantitative estimate of drug-likeness (QED) is 0.425. The van der Waals surface area contributed by atoms with Crippen LogP contribution in [0.1, 0.15) is 40.9 Å². The zero-order chi connectivity index (χ0) is 25.7. The van der Waals surface area contributed by atoms with Crippen molar-refractivity contribution in [1.82, 2.24) is 15.5 Å². The largest absolute Gasteiger partial charge is 0.496 e. The molecular formula is C24H27ClN4O6. The molecule has 2 atom stereocenters. The molecule has 2 aromatic carbocycles. The number of methoxy groups -OCH3 is 1. The van der Waals surface area contributed by atoms with Gasteiger partial charge in [-0.25, -0.2) is 9.59 Å². The molecule has 0 spiro atoms. The molecule has 10 nitrogen and oxygen atoms in total. The van der Waals surface area contributed by atoms with Gasteiger partial charge in [0, 0.05) is 17.3 Å². The Kier molecular flexibility index (Phi) is 8.18. The molecule has 0 aromatic heterocycles. The van der Waals surface area contributed by atoms with Crippen LogP contribution in [0.25, 0.3) is 0 Å². The Balaban J connectivity index is 1.81. The number of ether oxygens (including phenoxy) is 1. The number of carbonyl (C=O) groups excluding carboxylic acids is 3. The van der Waals surface area contributed by atoms with Crippen molar-refractivity contribution in [3.8, 4) is 5.75 Å². The first kappa shape index (κ1) is 25.8. The summed E-state index contributed by atoms with van der Waals surface area (Å²) in [5, 5.41) is 15.1. The number of carbonyl (C=O) groups is 4. The fourth-order valence-electron chi connectivity index (χ4n) is 3.97. The Bertz CT molecular complexity index is 1150. The Morgan fingerprint density at radius 2 is 2.03 bits per heavy atom. The predicted molar refractivity (Wildman–Crippen MR) is 129 cm³/mol. The first-order chi connectivity index (χ1) is 16.6. The molecule has 186 valence electrons. The van der Waals surface area contributed by atoms with Gasteiger partial charge in [0.1, 0.15) is 12.3 Å². The van der Waals surface area contributed by atoms with E-state index in [4.69, 9.17) is 22.1 Å². The molecular weight excluding hydrogens is 476 g/mol. The van der Waals surface area contributed by atoms with Crippen LogP contribution in [-0.2, 0) is 16.0 Å². The first-order valence-corrected chi connectivity index (χ1v) is 11.4. The number of nitrogens with one attached hydrogen (secondary N) is 2. The molecule has 1 unspecified atom stereocenters. The van der Waals surface area contributed by atoms with Gasteiger partial charge in [0.05, 0.1) is 24.6 Å². The van der Waals surface area contributed by atoms with Gasteiger partial charge in [0.2, 0.25) is 11.8 Å². The Morgan fingerprint density at radius 3 is 2.66 bits per heavy atom. The summed E-state index contributed by atoms with van der Waals surface area (Å²) < 4.78 is 5.36. The van der Waals surface area contributed by atoms with E-state index in [0.717, 1.165) is 4.90 Å². The molecule has 0 radical (unpaired) electrons. The second-order valence-electron chi connectivity index (χ2n) is 8.15. The van der Waals surface area contributed by atoms with Crippen molar-refractivity contribution in [1.29, 1.82) is 0 Å². The van der Waals surface area contributed by atoms with Gasteiger partial charge >= 0.3 is 12.0 Å². The van der Waals surface area contributed by atoms with Crippen molar-refractivity contribution >= 4 is 41.1 Å². The number of carboxylic acid groups (broad SMARTS) is 1. The van der Waals surface area contributed by atoms with E-state index in [1.807, 2.05) is 6.92 Å². The van der Waals surface area contributed by atoms with Crippen molar-refractivity contribution in [2.24, 2.45) is 5.92 Å². The fourth-order valence-corrected chi connectivity index (χ4v) is 4.16. The van der Waals surface area contributed by atoms with E-state index >= 15 is 0 Å². The fraction of sp³-hybridized carbons (Fsp3) is 0.333. The number of hydrogen-bond donors (Lipinski definition) is 4. The highest BCUT2D eigenvalue weighted by Crippen LogP contribution is 2.27. The van der Waals surface area contributed by atoms with Crippen molar-refractivity contribution in [3.63, 3.8) is 0 Å². The number of nitrogens with two attached hydrogens (primary N) is 1. The maximum atomic E-state index is 13.3. The van der Waals surface area contributed by atoms with Crippen molar-refractivity contribution in [3.05, 3.63) is 58.1 Å². The summed E-state index contributed by atoms with van der Waals surface area (Å²) in [4.78, 5) is 50.9. The molecule has 1 aliphatic rings. The molecule has 2 aromatic rings. The lowest BCUT2D eigenvalue weighted by Crippen LogP contribution is -2.48. The molecule has 0 aliphatic carbocycles. The average Bonchev–Trinajstić information content (AvgIpc) is 2.96. The minimum Gasteiger partial charge on any atom is -0.496 e. The number of halogens is 1. The second kappa shape index (κ2) is 11.1. The number of nitrogens with zero attached hydrogens (tertiary/aromatic N) is 1. The highest BCUT2D eigenvalue weighted by molar-refractivity contribution is 6.30. The maximum absolute atomic E-state index is 13.3. The van der Waals surface area contributed by atoms with Gasteiger partial charge in [-0.1, -0.05) is 24.6 Å². The van der Waals surface area contributed by atoms with Gasteiger partial charge in [-0.3, -0.25) is 14.5 Å². The van der Waals surface area contributed by atoms with E-state index < -0.39 is 42.3 Å². The van der Waals surface area contributed by atoms with Crippen LogP contribution in [0.3, 0.4) is 0 Å². The molecule has 4 amide bonds. The number of urea groups is 1. The summed E-state index contributed by atoms with van der Waals surface area (Å²) in [5.74, 6) is -2.31. The van der Waals surface area contributed by atoms with Crippen LogP contribution >= 0.6 is 11.6 Å². The normalized spacial score (nSPS) is 16.8. The standard InChI is InChI=1S/C24H27ClN4O6/c1-3-19(13-4-6-17(23(32)33)18(26)10-13)28-24(34)29-12-21(30)27-11-15(22(29)31)8-14-9-16(25)5-7-20(14)35-2/h4-7,9-10,15,19H,3,8,11-12,26H2,1-2H3,(H,27,30)(H,28,34)(H,32,33)/t15-,19?/m1/s1. The van der Waals surface area contributed by atoms with E-state index in [1.165, 1.54) is 19.2 Å². The summed E-state index contributed by atoms with van der Waals surface area (Å²) in [5.41, 5.74) is 7.11. The number of imide groups is 1. The van der Waals surface area contributed by atoms with Gasteiger partial charge in [0.15, 0.2) is 0 Å². The maximum Gasteiger partial charge on any atom is 0.337 e. The number of nitrogen functional groups attached to an aromatic ring is 1. The van der Waals surface area contributed by atoms with Crippen LogP contribution in [0.2, 0.25) is 5.02 Å². The van der Waals surface area contributed by atoms with Gasteiger partial charge in [-0.2, -0.15) is 0 Å². The Morgan fingerprint density at radius 1 is 1.29 bits per heavy atom. The number of anilines is 1. The molecule has 0 saturated carbocycles. The zero-order valence-electron chi connectivity index (χ0n) is 19.3. The van der Waals surface area contributed by atoms with Crippen LogP contribution in [-0.4, -0.2) is 54.0 Å². The summed E-state index contributed by atoms with van der Waals surface area (Å²) in [7, 11) is 1.50. The van der Waals surface area contributed by atoms with Crippen LogP contribution in [0.5, 0.6) is 5.75 Å². The van der Waals surface area contributed by atoms with E-state index in [-0.39, 0.29) is 24.2 Å². The highest BCUT2D eigenvalue weighted by atomic mass is 35.5. The van der Waals surface area contributed by atoms with Crippen molar-refractivity contribution in [2.75, 3.05) is 25.9 Å². The number of rotatable bonds is 7. The molecule has 3 rings (SSSR count). The lowest BCUT2D eigenvalue weighted by Gasteiger charge is -2.25.